The van der Waals surface area contributed by atoms with E-state index in [9.17, 15) is 0 Å². The van der Waals surface area contributed by atoms with Gasteiger partial charge in [-0.2, -0.15) is 0 Å². The fourth-order valence-corrected chi connectivity index (χ4v) is 1.19. The molecule has 0 nitrogen and oxygen atoms in total. The fraction of sp³-hybridized carbons (Fsp3) is 0.667. The monoisotopic (exact) mass is 116 g/mol. The number of halogens is 1. The maximum Gasteiger partial charge on any atom is 0.0521 e. The summed E-state index contributed by atoms with van der Waals surface area (Å²) in [4.78, 5) is 0. The molecule has 0 aromatic rings. The van der Waals surface area contributed by atoms with Crippen molar-refractivity contribution in [2.45, 2.75) is 18.7 Å². The average molecular weight is 117 g/mol. The van der Waals surface area contributed by atoms with Crippen molar-refractivity contribution in [3.8, 4) is 0 Å². The van der Waals surface area contributed by atoms with E-state index < -0.39 is 0 Å². The van der Waals surface area contributed by atoms with Crippen molar-refractivity contribution in [3.05, 3.63) is 12.2 Å². The van der Waals surface area contributed by atoms with Crippen LogP contribution in [0.1, 0.15) is 13.3 Å². The van der Waals surface area contributed by atoms with Crippen LogP contribution in [-0.2, 0) is 0 Å². The molecular weight excluding hydrogens is 108 g/mol. The summed E-state index contributed by atoms with van der Waals surface area (Å²) in [7, 11) is 0. The van der Waals surface area contributed by atoms with E-state index in [-0.39, 0.29) is 0 Å². The summed E-state index contributed by atoms with van der Waals surface area (Å²) >= 11 is 5.72. The van der Waals surface area contributed by atoms with Gasteiger partial charge in [0.1, 0.15) is 0 Å². The Kier molecular flexibility index (Phi) is 1.38. The van der Waals surface area contributed by atoms with Gasteiger partial charge in [0.05, 0.1) is 5.38 Å². The minimum Gasteiger partial charge on any atom is -0.118 e. The highest BCUT2D eigenvalue weighted by Gasteiger charge is 2.10. The zero-order chi connectivity index (χ0) is 5.28. The molecule has 0 aromatic heterocycles. The molecule has 0 spiro atoms. The number of hydrogen-bond donors (Lipinski definition) is 0. The first-order valence-corrected chi connectivity index (χ1v) is 3.05. The molecule has 7 heavy (non-hydrogen) atoms. The summed E-state index contributed by atoms with van der Waals surface area (Å²) in [5.41, 5.74) is 0. The second-order valence-electron chi connectivity index (χ2n) is 2.11. The lowest BCUT2D eigenvalue weighted by Crippen LogP contribution is -1.89. The van der Waals surface area contributed by atoms with Crippen molar-refractivity contribution < 1.29 is 0 Å². The van der Waals surface area contributed by atoms with Gasteiger partial charge < -0.3 is 0 Å². The Morgan fingerprint density at radius 1 is 1.57 bits per heavy atom. The molecule has 0 saturated carbocycles. The van der Waals surface area contributed by atoms with E-state index in [4.69, 9.17) is 11.6 Å². The first-order valence-electron chi connectivity index (χ1n) is 2.61. The first-order chi connectivity index (χ1) is 3.29. The standard InChI is InChI=1S/C6H9Cl/c1-5-2-3-6(7)4-5/h2-3,5-6H,4H2,1H3/t5-,6-/m0/s1. The molecule has 1 aliphatic carbocycles. The summed E-state index contributed by atoms with van der Waals surface area (Å²) in [5, 5.41) is 0.315. The molecule has 0 aromatic carbocycles. The second kappa shape index (κ2) is 1.87. The molecular formula is C6H9Cl. The maximum absolute atomic E-state index is 5.72. The molecule has 2 atom stereocenters. The van der Waals surface area contributed by atoms with Gasteiger partial charge in [0.2, 0.25) is 0 Å². The van der Waals surface area contributed by atoms with Crippen LogP contribution in [0.15, 0.2) is 12.2 Å². The van der Waals surface area contributed by atoms with Gasteiger partial charge in [-0.3, -0.25) is 0 Å². The zero-order valence-electron chi connectivity index (χ0n) is 4.39. The van der Waals surface area contributed by atoms with Crippen molar-refractivity contribution >= 4 is 11.6 Å². The van der Waals surface area contributed by atoms with Crippen LogP contribution in [-0.4, -0.2) is 5.38 Å². The van der Waals surface area contributed by atoms with Crippen molar-refractivity contribution in [2.24, 2.45) is 5.92 Å². The minimum atomic E-state index is 0.315. The van der Waals surface area contributed by atoms with E-state index in [1.165, 1.54) is 0 Å². The molecule has 0 heterocycles. The first kappa shape index (κ1) is 5.17. The van der Waals surface area contributed by atoms with E-state index in [0.29, 0.717) is 11.3 Å². The van der Waals surface area contributed by atoms with E-state index in [1.54, 1.807) is 0 Å². The highest BCUT2D eigenvalue weighted by molar-refractivity contribution is 6.22. The van der Waals surface area contributed by atoms with Gasteiger partial charge in [-0.05, 0) is 12.3 Å². The third-order valence-electron chi connectivity index (χ3n) is 1.25. The molecule has 0 bridgehead atoms. The largest absolute Gasteiger partial charge is 0.118 e. The lowest BCUT2D eigenvalue weighted by atomic mass is 10.2. The van der Waals surface area contributed by atoms with Crippen molar-refractivity contribution in [1.82, 2.24) is 0 Å². The Hall–Kier alpha value is 0.0300. The summed E-state index contributed by atoms with van der Waals surface area (Å²) in [6.45, 7) is 2.18. The number of rotatable bonds is 0. The number of allylic oxidation sites excluding steroid dienone is 2. The Labute approximate surface area is 49.2 Å². The minimum absolute atomic E-state index is 0.315. The summed E-state index contributed by atoms with van der Waals surface area (Å²) in [6.07, 6.45) is 5.35. The van der Waals surface area contributed by atoms with Crippen LogP contribution in [0.25, 0.3) is 0 Å². The molecule has 0 amide bonds. The van der Waals surface area contributed by atoms with Gasteiger partial charge in [0.25, 0.3) is 0 Å². The average Bonchev–Trinajstić information content (AvgIpc) is 1.87. The molecule has 0 radical (unpaired) electrons. The normalized spacial score (nSPS) is 39.7. The van der Waals surface area contributed by atoms with Crippen LogP contribution in [0.2, 0.25) is 0 Å². The Bertz CT molecular complexity index is 76.2. The van der Waals surface area contributed by atoms with Crippen LogP contribution in [0.5, 0.6) is 0 Å². The third-order valence-corrected chi connectivity index (χ3v) is 1.57. The van der Waals surface area contributed by atoms with Gasteiger partial charge in [-0.1, -0.05) is 19.1 Å². The molecule has 0 aliphatic heterocycles. The van der Waals surface area contributed by atoms with E-state index in [2.05, 4.69) is 19.1 Å². The van der Waals surface area contributed by atoms with Gasteiger partial charge in [0, 0.05) is 0 Å². The fourth-order valence-electron chi connectivity index (χ4n) is 0.823. The van der Waals surface area contributed by atoms with Gasteiger partial charge in [-0.25, -0.2) is 0 Å². The van der Waals surface area contributed by atoms with Gasteiger partial charge >= 0.3 is 0 Å². The van der Waals surface area contributed by atoms with Crippen molar-refractivity contribution in [2.75, 3.05) is 0 Å². The Morgan fingerprint density at radius 3 is 2.43 bits per heavy atom. The van der Waals surface area contributed by atoms with Crippen molar-refractivity contribution in [1.29, 1.82) is 0 Å². The summed E-state index contributed by atoms with van der Waals surface area (Å²) < 4.78 is 0. The molecule has 0 unspecified atom stereocenters. The lowest BCUT2D eigenvalue weighted by molar-refractivity contribution is 0.705. The van der Waals surface area contributed by atoms with Crippen LogP contribution in [0.3, 0.4) is 0 Å². The predicted octanol–water partition coefficient (Wildman–Crippen LogP) is 2.19. The predicted molar refractivity (Wildman–Crippen MR) is 32.6 cm³/mol. The highest BCUT2D eigenvalue weighted by atomic mass is 35.5. The van der Waals surface area contributed by atoms with E-state index >= 15 is 0 Å². The molecule has 0 saturated heterocycles. The quantitative estimate of drug-likeness (QED) is 0.336. The van der Waals surface area contributed by atoms with E-state index in [0.717, 1.165) is 6.42 Å². The van der Waals surface area contributed by atoms with Gasteiger partial charge in [0.15, 0.2) is 0 Å². The second-order valence-corrected chi connectivity index (χ2v) is 2.67. The summed E-state index contributed by atoms with van der Waals surface area (Å²) in [5.74, 6) is 0.711. The highest BCUT2D eigenvalue weighted by Crippen LogP contribution is 2.20. The van der Waals surface area contributed by atoms with E-state index in [1.807, 2.05) is 0 Å². The third kappa shape index (κ3) is 1.20. The SMILES string of the molecule is C[C@H]1C=C[C@H](Cl)C1. The van der Waals surface area contributed by atoms with Gasteiger partial charge in [-0.15, -0.1) is 11.6 Å². The Morgan fingerprint density at radius 2 is 2.29 bits per heavy atom. The van der Waals surface area contributed by atoms with Crippen LogP contribution in [0, 0.1) is 5.92 Å². The lowest BCUT2D eigenvalue weighted by Gasteiger charge is -1.95. The molecule has 1 aliphatic rings. The van der Waals surface area contributed by atoms with Crippen LogP contribution < -0.4 is 0 Å². The maximum atomic E-state index is 5.72. The Balaban J connectivity index is 2.42. The molecule has 0 fully saturated rings. The molecule has 1 heteroatoms. The van der Waals surface area contributed by atoms with Crippen molar-refractivity contribution in [3.63, 3.8) is 0 Å². The zero-order valence-corrected chi connectivity index (χ0v) is 5.15. The van der Waals surface area contributed by atoms with Crippen LogP contribution >= 0.6 is 11.6 Å². The smallest absolute Gasteiger partial charge is 0.0521 e. The summed E-state index contributed by atoms with van der Waals surface area (Å²) in [6, 6.07) is 0. The molecule has 40 valence electrons. The topological polar surface area (TPSA) is 0 Å². The number of alkyl halides is 1. The molecule has 0 N–H and O–H groups in total. The molecule has 1 rings (SSSR count). The number of hydrogen-bond acceptors (Lipinski definition) is 0. The van der Waals surface area contributed by atoms with Crippen LogP contribution in [0.4, 0.5) is 0 Å².